The van der Waals surface area contributed by atoms with Crippen molar-refractivity contribution >= 4 is 0 Å². The van der Waals surface area contributed by atoms with Gasteiger partial charge in [0.25, 0.3) is 0 Å². The highest BCUT2D eigenvalue weighted by molar-refractivity contribution is 5.41. The molecule has 0 amide bonds. The van der Waals surface area contributed by atoms with Gasteiger partial charge in [-0.05, 0) is 42.9 Å². The van der Waals surface area contributed by atoms with Gasteiger partial charge in [-0.25, -0.2) is 0 Å². The van der Waals surface area contributed by atoms with E-state index in [0.717, 1.165) is 17.9 Å². The van der Waals surface area contributed by atoms with Crippen LogP contribution < -0.4 is 14.8 Å². The molecular formula is C16H25NO3. The predicted octanol–water partition coefficient (Wildman–Crippen LogP) is 2.52. The lowest BCUT2D eigenvalue weighted by Gasteiger charge is -2.19. The first-order valence-electron chi connectivity index (χ1n) is 7.25. The molecule has 112 valence electrons. The monoisotopic (exact) mass is 279 g/mol. The molecule has 1 atom stereocenters. The first-order chi connectivity index (χ1) is 9.64. The van der Waals surface area contributed by atoms with E-state index in [1.54, 1.807) is 14.2 Å². The highest BCUT2D eigenvalue weighted by Crippen LogP contribution is 2.47. The van der Waals surface area contributed by atoms with Crippen molar-refractivity contribution in [2.75, 3.05) is 27.3 Å². The first kappa shape index (κ1) is 15.1. The number of hydrogen-bond donors (Lipinski definition) is 2. The largest absolute Gasteiger partial charge is 0.497 e. The minimum absolute atomic E-state index is 0.484. The zero-order chi connectivity index (χ0) is 14.6. The van der Waals surface area contributed by atoms with Crippen LogP contribution in [0.25, 0.3) is 0 Å². The quantitative estimate of drug-likeness (QED) is 0.768. The van der Waals surface area contributed by atoms with Crippen molar-refractivity contribution in [2.24, 2.45) is 5.41 Å². The topological polar surface area (TPSA) is 50.7 Å². The van der Waals surface area contributed by atoms with Gasteiger partial charge in [-0.1, -0.05) is 6.92 Å². The van der Waals surface area contributed by atoms with Gasteiger partial charge in [0.2, 0.25) is 0 Å². The molecule has 2 rings (SSSR count). The van der Waals surface area contributed by atoms with E-state index < -0.39 is 6.10 Å². The van der Waals surface area contributed by atoms with Crippen LogP contribution in [0.15, 0.2) is 18.2 Å². The summed E-state index contributed by atoms with van der Waals surface area (Å²) in [5.74, 6) is 1.42. The number of rotatable bonds is 8. The third-order valence-electron chi connectivity index (χ3n) is 4.34. The molecule has 1 aromatic rings. The van der Waals surface area contributed by atoms with Crippen LogP contribution in [0.4, 0.5) is 0 Å². The molecule has 0 bridgehead atoms. The van der Waals surface area contributed by atoms with Crippen molar-refractivity contribution in [3.63, 3.8) is 0 Å². The van der Waals surface area contributed by atoms with Crippen LogP contribution in [0.3, 0.4) is 0 Å². The summed E-state index contributed by atoms with van der Waals surface area (Å²) < 4.78 is 10.5. The molecule has 0 radical (unpaired) electrons. The predicted molar refractivity (Wildman–Crippen MR) is 79.3 cm³/mol. The number of nitrogens with one attached hydrogen (secondary N) is 1. The number of aliphatic hydroxyl groups is 1. The number of aliphatic hydroxyl groups excluding tert-OH is 1. The fourth-order valence-corrected chi connectivity index (χ4v) is 2.52. The Morgan fingerprint density at radius 2 is 2.05 bits per heavy atom. The van der Waals surface area contributed by atoms with Crippen LogP contribution in [0.5, 0.6) is 11.5 Å². The molecular weight excluding hydrogens is 254 g/mol. The van der Waals surface area contributed by atoms with Crippen molar-refractivity contribution in [1.82, 2.24) is 5.32 Å². The minimum atomic E-state index is -0.590. The molecule has 0 aromatic heterocycles. The molecule has 1 aliphatic carbocycles. The Morgan fingerprint density at radius 1 is 1.30 bits per heavy atom. The van der Waals surface area contributed by atoms with Crippen molar-refractivity contribution < 1.29 is 14.6 Å². The maximum atomic E-state index is 10.3. The fourth-order valence-electron chi connectivity index (χ4n) is 2.52. The van der Waals surface area contributed by atoms with E-state index in [1.807, 2.05) is 18.2 Å². The summed E-state index contributed by atoms with van der Waals surface area (Å²) >= 11 is 0. The number of ether oxygens (including phenoxy) is 2. The average Bonchev–Trinajstić information content (AvgIpc) is 3.27. The molecule has 0 spiro atoms. The standard InChI is InChI=1S/C16H25NO3/c1-4-16(7-8-16)11-17-10-14(18)13-9-12(19-2)5-6-15(13)20-3/h5-6,9,14,17-18H,4,7-8,10-11H2,1-3H3. The molecule has 2 N–H and O–H groups in total. The molecule has 4 heteroatoms. The zero-order valence-corrected chi connectivity index (χ0v) is 12.6. The summed E-state index contributed by atoms with van der Waals surface area (Å²) in [6, 6.07) is 5.49. The fraction of sp³-hybridized carbons (Fsp3) is 0.625. The van der Waals surface area contributed by atoms with E-state index in [2.05, 4.69) is 12.2 Å². The number of benzene rings is 1. The minimum Gasteiger partial charge on any atom is -0.497 e. The second-order valence-electron chi connectivity index (χ2n) is 5.61. The summed E-state index contributed by atoms with van der Waals surface area (Å²) in [7, 11) is 3.23. The van der Waals surface area contributed by atoms with Crippen LogP contribution in [0.2, 0.25) is 0 Å². The van der Waals surface area contributed by atoms with E-state index in [1.165, 1.54) is 19.3 Å². The summed E-state index contributed by atoms with van der Waals surface area (Å²) in [5, 5.41) is 13.7. The summed E-state index contributed by atoms with van der Waals surface area (Å²) in [4.78, 5) is 0. The lowest BCUT2D eigenvalue weighted by molar-refractivity contribution is 0.167. The third-order valence-corrected chi connectivity index (χ3v) is 4.34. The number of methoxy groups -OCH3 is 2. The smallest absolute Gasteiger partial charge is 0.124 e. The molecule has 20 heavy (non-hydrogen) atoms. The highest BCUT2D eigenvalue weighted by atomic mass is 16.5. The van der Waals surface area contributed by atoms with Crippen LogP contribution >= 0.6 is 0 Å². The molecule has 1 saturated carbocycles. The molecule has 0 heterocycles. The summed E-state index contributed by atoms with van der Waals surface area (Å²) in [6.07, 6.45) is 3.22. The van der Waals surface area contributed by atoms with Crippen molar-refractivity contribution in [3.8, 4) is 11.5 Å². The maximum Gasteiger partial charge on any atom is 0.124 e. The average molecular weight is 279 g/mol. The van der Waals surface area contributed by atoms with Crippen LogP contribution in [-0.4, -0.2) is 32.4 Å². The normalized spacial score (nSPS) is 17.6. The van der Waals surface area contributed by atoms with Gasteiger partial charge in [-0.15, -0.1) is 0 Å². The zero-order valence-electron chi connectivity index (χ0n) is 12.6. The molecule has 0 aliphatic heterocycles. The van der Waals surface area contributed by atoms with Gasteiger partial charge in [0.15, 0.2) is 0 Å². The molecule has 0 saturated heterocycles. The molecule has 1 unspecified atom stereocenters. The Morgan fingerprint density at radius 3 is 2.60 bits per heavy atom. The maximum absolute atomic E-state index is 10.3. The molecule has 1 aromatic carbocycles. The Bertz CT molecular complexity index is 443. The SMILES string of the molecule is CCC1(CNCC(O)c2cc(OC)ccc2OC)CC1. The van der Waals surface area contributed by atoms with Crippen LogP contribution in [0.1, 0.15) is 37.9 Å². The highest BCUT2D eigenvalue weighted by Gasteiger charge is 2.39. The molecule has 1 fully saturated rings. The van der Waals surface area contributed by atoms with Gasteiger partial charge in [0, 0.05) is 18.7 Å². The number of hydrogen-bond acceptors (Lipinski definition) is 4. The Hall–Kier alpha value is -1.26. The van der Waals surface area contributed by atoms with Crippen LogP contribution in [-0.2, 0) is 0 Å². The van der Waals surface area contributed by atoms with E-state index in [9.17, 15) is 5.11 Å². The Balaban J connectivity index is 1.95. The van der Waals surface area contributed by atoms with E-state index in [4.69, 9.17) is 9.47 Å². The summed E-state index contributed by atoms with van der Waals surface area (Å²) in [5.41, 5.74) is 1.25. The second-order valence-corrected chi connectivity index (χ2v) is 5.61. The molecule has 4 nitrogen and oxygen atoms in total. The van der Waals surface area contributed by atoms with Crippen LogP contribution in [0, 0.1) is 5.41 Å². The lowest BCUT2D eigenvalue weighted by atomic mass is 10.0. The second kappa shape index (κ2) is 6.46. The van der Waals surface area contributed by atoms with Gasteiger partial charge in [0.05, 0.1) is 20.3 Å². The van der Waals surface area contributed by atoms with Gasteiger partial charge in [0.1, 0.15) is 11.5 Å². The Kier molecular flexibility index (Phi) is 4.89. The first-order valence-corrected chi connectivity index (χ1v) is 7.25. The van der Waals surface area contributed by atoms with E-state index in [0.29, 0.717) is 17.7 Å². The molecule has 1 aliphatic rings. The van der Waals surface area contributed by atoms with Crippen molar-refractivity contribution in [2.45, 2.75) is 32.3 Å². The van der Waals surface area contributed by atoms with Gasteiger partial charge in [-0.2, -0.15) is 0 Å². The Labute approximate surface area is 121 Å². The summed E-state index contributed by atoms with van der Waals surface area (Å²) in [6.45, 7) is 3.74. The van der Waals surface area contributed by atoms with E-state index in [-0.39, 0.29) is 0 Å². The van der Waals surface area contributed by atoms with Crippen molar-refractivity contribution in [1.29, 1.82) is 0 Å². The van der Waals surface area contributed by atoms with Gasteiger partial charge < -0.3 is 19.9 Å². The van der Waals surface area contributed by atoms with Crippen molar-refractivity contribution in [3.05, 3.63) is 23.8 Å². The van der Waals surface area contributed by atoms with E-state index >= 15 is 0 Å². The third kappa shape index (κ3) is 3.44. The van der Waals surface area contributed by atoms with Gasteiger partial charge >= 0.3 is 0 Å². The lowest BCUT2D eigenvalue weighted by Crippen LogP contribution is -2.28. The van der Waals surface area contributed by atoms with Gasteiger partial charge in [-0.3, -0.25) is 0 Å².